The molecule has 2 aliphatic carbocycles. The molecule has 0 amide bonds. The Balaban J connectivity index is 2.28. The molecule has 0 unspecified atom stereocenters. The van der Waals surface area contributed by atoms with E-state index in [4.69, 9.17) is 0 Å². The summed E-state index contributed by atoms with van der Waals surface area (Å²) >= 11 is 0. The molecule has 0 aromatic rings. The van der Waals surface area contributed by atoms with Gasteiger partial charge in [-0.05, 0) is 25.7 Å². The number of Topliss-reactive ketones (excluding diaryl/α,β-unsaturated/α-hetero) is 2. The lowest BCUT2D eigenvalue weighted by Gasteiger charge is -2.11. The number of hydrogen-bond acceptors (Lipinski definition) is 2. The smallest absolute Gasteiger partial charge is 0.201 e. The molecule has 66 valence electrons. The fourth-order valence-corrected chi connectivity index (χ4v) is 2.44. The van der Waals surface area contributed by atoms with Crippen LogP contribution >= 0.6 is 0 Å². The van der Waals surface area contributed by atoms with Gasteiger partial charge in [-0.15, -0.1) is 0 Å². The van der Waals surface area contributed by atoms with Gasteiger partial charge in [0.25, 0.3) is 0 Å². The average Bonchev–Trinajstić information content (AvgIpc) is 2.19. The van der Waals surface area contributed by atoms with Crippen molar-refractivity contribution >= 4 is 11.6 Å². The van der Waals surface area contributed by atoms with Crippen LogP contribution in [0.2, 0.25) is 0 Å². The Hall–Kier alpha value is -0.660. The van der Waals surface area contributed by atoms with Crippen LogP contribution < -0.4 is 0 Å². The molecule has 0 aliphatic heterocycles. The molecule has 0 atom stereocenters. The minimum atomic E-state index is -0.0602. The lowest BCUT2D eigenvalue weighted by atomic mass is 9.92. The molecule has 2 heteroatoms. The first-order valence-corrected chi connectivity index (χ1v) is 4.87. The molecule has 0 saturated heterocycles. The Morgan fingerprint density at radius 3 is 1.42 bits per heavy atom. The first kappa shape index (κ1) is 7.96. The van der Waals surface area contributed by atoms with Gasteiger partial charge in [0, 0.05) is 11.8 Å². The minimum absolute atomic E-state index is 0.0602. The minimum Gasteiger partial charge on any atom is -0.291 e. The molecular formula is C10H14O2. The summed E-state index contributed by atoms with van der Waals surface area (Å²) in [6, 6.07) is 0. The summed E-state index contributed by atoms with van der Waals surface area (Å²) in [5, 5.41) is 0. The summed E-state index contributed by atoms with van der Waals surface area (Å²) in [6.07, 6.45) is 5.99. The van der Waals surface area contributed by atoms with Crippen LogP contribution in [0.3, 0.4) is 0 Å². The van der Waals surface area contributed by atoms with Crippen LogP contribution in [0.4, 0.5) is 0 Å². The maximum absolute atomic E-state index is 11.5. The topological polar surface area (TPSA) is 34.1 Å². The van der Waals surface area contributed by atoms with Crippen molar-refractivity contribution in [2.45, 2.75) is 38.5 Å². The van der Waals surface area contributed by atoms with Gasteiger partial charge < -0.3 is 0 Å². The van der Waals surface area contributed by atoms with E-state index in [0.717, 1.165) is 38.5 Å². The molecule has 0 aromatic heterocycles. The van der Waals surface area contributed by atoms with Crippen molar-refractivity contribution in [1.82, 2.24) is 0 Å². The van der Waals surface area contributed by atoms with Crippen molar-refractivity contribution in [2.24, 2.45) is 11.8 Å². The zero-order valence-corrected chi connectivity index (χ0v) is 7.21. The molecular weight excluding hydrogens is 152 g/mol. The van der Waals surface area contributed by atoms with E-state index in [9.17, 15) is 9.59 Å². The second kappa shape index (κ2) is 3.00. The van der Waals surface area contributed by atoms with Crippen LogP contribution in [-0.4, -0.2) is 11.6 Å². The first-order valence-electron chi connectivity index (χ1n) is 4.87. The van der Waals surface area contributed by atoms with Crippen LogP contribution in [-0.2, 0) is 9.59 Å². The van der Waals surface area contributed by atoms with E-state index in [1.165, 1.54) is 0 Å². The highest BCUT2D eigenvalue weighted by Gasteiger charge is 2.36. The maximum Gasteiger partial charge on any atom is 0.201 e. The molecule has 0 N–H and O–H groups in total. The van der Waals surface area contributed by atoms with E-state index in [-0.39, 0.29) is 23.4 Å². The highest BCUT2D eigenvalue weighted by molar-refractivity contribution is 6.39. The SMILES string of the molecule is O=C1C(=O)C2CCCC1CCC2. The molecule has 2 fully saturated rings. The van der Waals surface area contributed by atoms with Gasteiger partial charge in [-0.3, -0.25) is 9.59 Å². The van der Waals surface area contributed by atoms with Crippen molar-refractivity contribution in [3.05, 3.63) is 0 Å². The summed E-state index contributed by atoms with van der Waals surface area (Å²) in [6.45, 7) is 0. The Morgan fingerprint density at radius 1 is 0.750 bits per heavy atom. The lowest BCUT2D eigenvalue weighted by Crippen LogP contribution is -2.23. The van der Waals surface area contributed by atoms with Crippen LogP contribution in [0, 0.1) is 11.8 Å². The summed E-state index contributed by atoms with van der Waals surface area (Å²) in [5.41, 5.74) is 0. The van der Waals surface area contributed by atoms with Crippen molar-refractivity contribution in [2.75, 3.05) is 0 Å². The second-order valence-corrected chi connectivity index (χ2v) is 3.98. The molecule has 2 bridgehead atoms. The van der Waals surface area contributed by atoms with Gasteiger partial charge in [0.05, 0.1) is 0 Å². The number of carbonyl (C=O) groups is 2. The van der Waals surface area contributed by atoms with Gasteiger partial charge in [-0.2, -0.15) is 0 Å². The summed E-state index contributed by atoms with van der Waals surface area (Å²) in [7, 11) is 0. The monoisotopic (exact) mass is 166 g/mol. The Labute approximate surface area is 72.3 Å². The van der Waals surface area contributed by atoms with Gasteiger partial charge in [0.1, 0.15) is 0 Å². The van der Waals surface area contributed by atoms with E-state index >= 15 is 0 Å². The predicted molar refractivity (Wildman–Crippen MR) is 44.7 cm³/mol. The van der Waals surface area contributed by atoms with Gasteiger partial charge in [0.2, 0.25) is 11.6 Å². The standard InChI is InChI=1S/C10H14O2/c11-9-7-3-1-4-8(10(9)12)6-2-5-7/h7-8H,1-6H2. The summed E-state index contributed by atoms with van der Waals surface area (Å²) in [5.74, 6) is 0.0556. The quantitative estimate of drug-likeness (QED) is 0.513. The lowest BCUT2D eigenvalue weighted by molar-refractivity contribution is -0.140. The first-order chi connectivity index (χ1) is 5.79. The van der Waals surface area contributed by atoms with Gasteiger partial charge in [0.15, 0.2) is 0 Å². The zero-order valence-electron chi connectivity index (χ0n) is 7.21. The molecule has 2 aliphatic rings. The third-order valence-electron chi connectivity index (χ3n) is 3.19. The van der Waals surface area contributed by atoms with Crippen LogP contribution in [0.1, 0.15) is 38.5 Å². The van der Waals surface area contributed by atoms with Crippen molar-refractivity contribution in [3.8, 4) is 0 Å². The molecule has 0 aromatic carbocycles. The molecule has 2 saturated carbocycles. The Morgan fingerprint density at radius 2 is 1.08 bits per heavy atom. The number of rotatable bonds is 0. The van der Waals surface area contributed by atoms with Gasteiger partial charge >= 0.3 is 0 Å². The molecule has 2 nitrogen and oxygen atoms in total. The molecule has 2 rings (SSSR count). The second-order valence-electron chi connectivity index (χ2n) is 3.98. The summed E-state index contributed by atoms with van der Waals surface area (Å²) < 4.78 is 0. The van der Waals surface area contributed by atoms with Crippen molar-refractivity contribution in [3.63, 3.8) is 0 Å². The third-order valence-corrected chi connectivity index (χ3v) is 3.19. The van der Waals surface area contributed by atoms with Gasteiger partial charge in [-0.25, -0.2) is 0 Å². The van der Waals surface area contributed by atoms with Gasteiger partial charge in [-0.1, -0.05) is 12.8 Å². The molecule has 0 spiro atoms. The summed E-state index contributed by atoms with van der Waals surface area (Å²) in [4.78, 5) is 23.0. The fourth-order valence-electron chi connectivity index (χ4n) is 2.44. The van der Waals surface area contributed by atoms with E-state index in [1.807, 2.05) is 0 Å². The molecule has 0 radical (unpaired) electrons. The highest BCUT2D eigenvalue weighted by Crippen LogP contribution is 2.32. The van der Waals surface area contributed by atoms with E-state index < -0.39 is 0 Å². The normalized spacial score (nSPS) is 36.3. The number of ketones is 2. The van der Waals surface area contributed by atoms with Crippen LogP contribution in [0.25, 0.3) is 0 Å². The third kappa shape index (κ3) is 1.19. The largest absolute Gasteiger partial charge is 0.291 e. The number of hydrogen-bond donors (Lipinski definition) is 0. The average molecular weight is 166 g/mol. The van der Waals surface area contributed by atoms with Crippen LogP contribution in [0.15, 0.2) is 0 Å². The molecule has 0 heterocycles. The molecule has 12 heavy (non-hydrogen) atoms. The number of fused-ring (bicyclic) bond motifs is 3. The highest BCUT2D eigenvalue weighted by atomic mass is 16.2. The Kier molecular flexibility index (Phi) is 1.99. The fraction of sp³-hybridized carbons (Fsp3) is 0.800. The predicted octanol–water partition coefficient (Wildman–Crippen LogP) is 1.72. The van der Waals surface area contributed by atoms with Crippen molar-refractivity contribution < 1.29 is 9.59 Å². The number of carbonyl (C=O) groups excluding carboxylic acids is 2. The van der Waals surface area contributed by atoms with E-state index in [0.29, 0.717) is 0 Å². The van der Waals surface area contributed by atoms with Crippen molar-refractivity contribution in [1.29, 1.82) is 0 Å². The van der Waals surface area contributed by atoms with E-state index in [2.05, 4.69) is 0 Å². The Bertz CT molecular complexity index is 188. The van der Waals surface area contributed by atoms with Crippen LogP contribution in [0.5, 0.6) is 0 Å². The maximum atomic E-state index is 11.5. The zero-order chi connectivity index (χ0) is 8.55. The van der Waals surface area contributed by atoms with E-state index in [1.54, 1.807) is 0 Å².